The number of hydrogen-bond donors (Lipinski definition) is 1. The van der Waals surface area contributed by atoms with Gasteiger partial charge in [0.2, 0.25) is 5.78 Å². The Hall–Kier alpha value is -2.52. The van der Waals surface area contributed by atoms with Crippen LogP contribution in [-0.2, 0) is 28.9 Å². The number of alkyl halides is 3. The van der Waals surface area contributed by atoms with Crippen LogP contribution >= 0.6 is 11.3 Å². The number of ketones is 2. The van der Waals surface area contributed by atoms with Gasteiger partial charge in [-0.2, -0.15) is 13.2 Å². The minimum atomic E-state index is -4.69. The number of allylic oxidation sites excluding steroid dienone is 2. The molecule has 2 aromatic heterocycles. The van der Waals surface area contributed by atoms with Crippen molar-refractivity contribution in [1.82, 2.24) is 4.98 Å². The first-order valence-electron chi connectivity index (χ1n) is 9.45. The van der Waals surface area contributed by atoms with Crippen LogP contribution in [0.5, 0.6) is 0 Å². The van der Waals surface area contributed by atoms with Gasteiger partial charge in [-0.3, -0.25) is 9.59 Å². The number of hydrogen-bond acceptors (Lipinski definition) is 6. The van der Waals surface area contributed by atoms with Crippen molar-refractivity contribution < 1.29 is 32.6 Å². The van der Waals surface area contributed by atoms with Gasteiger partial charge in [0.1, 0.15) is 17.0 Å². The first-order chi connectivity index (χ1) is 14.3. The molecule has 0 radical (unpaired) electrons. The highest BCUT2D eigenvalue weighted by Crippen LogP contribution is 2.43. The Morgan fingerprint density at radius 3 is 2.67 bits per heavy atom. The van der Waals surface area contributed by atoms with Gasteiger partial charge in [0.05, 0.1) is 18.9 Å². The van der Waals surface area contributed by atoms with Gasteiger partial charge in [-0.05, 0) is 42.8 Å². The average molecular weight is 437 g/mol. The number of carbonyl (C=O) groups excluding carboxylic acids is 2. The van der Waals surface area contributed by atoms with Crippen LogP contribution in [0.2, 0.25) is 0 Å². The van der Waals surface area contributed by atoms with E-state index in [1.165, 1.54) is 11.3 Å². The second-order valence-corrected chi connectivity index (χ2v) is 8.45. The number of aliphatic hydroxyl groups is 1. The van der Waals surface area contributed by atoms with E-state index in [0.717, 1.165) is 10.9 Å². The molecule has 2 unspecified atom stereocenters. The zero-order valence-electron chi connectivity index (χ0n) is 15.7. The van der Waals surface area contributed by atoms with Gasteiger partial charge in [0.25, 0.3) is 0 Å². The van der Waals surface area contributed by atoms with Crippen molar-refractivity contribution in [2.45, 2.75) is 38.7 Å². The number of Topliss-reactive ketones (excluding diaryl/α,β-unsaturated/α-hetero) is 2. The summed E-state index contributed by atoms with van der Waals surface area (Å²) in [5.41, 5.74) is -1.85. The van der Waals surface area contributed by atoms with Crippen molar-refractivity contribution >= 4 is 22.9 Å². The molecule has 2 aromatic rings. The zero-order chi connectivity index (χ0) is 21.5. The molecule has 2 aliphatic carbocycles. The maximum atomic E-state index is 13.1. The smallest absolute Gasteiger partial charge is 0.433 e. The van der Waals surface area contributed by atoms with Crippen molar-refractivity contribution in [3.63, 3.8) is 0 Å². The number of fused-ring (bicyclic) bond motifs is 2. The molecule has 5 nitrogen and oxygen atoms in total. The van der Waals surface area contributed by atoms with Crippen molar-refractivity contribution in [3.8, 4) is 0 Å². The number of ether oxygens (including phenoxy) is 1. The second kappa shape index (κ2) is 7.96. The Morgan fingerprint density at radius 1 is 1.20 bits per heavy atom. The summed E-state index contributed by atoms with van der Waals surface area (Å²) in [7, 11) is 0. The first-order valence-corrected chi connectivity index (χ1v) is 10.3. The minimum Gasteiger partial charge on any atom is -0.511 e. The molecule has 1 N–H and O–H groups in total. The summed E-state index contributed by atoms with van der Waals surface area (Å²) < 4.78 is 44.9. The molecule has 2 bridgehead atoms. The van der Waals surface area contributed by atoms with Crippen LogP contribution in [0.25, 0.3) is 0 Å². The highest BCUT2D eigenvalue weighted by molar-refractivity contribution is 7.09. The van der Waals surface area contributed by atoms with E-state index in [1.54, 1.807) is 0 Å². The summed E-state index contributed by atoms with van der Waals surface area (Å²) in [5.74, 6) is -2.09. The predicted molar refractivity (Wildman–Crippen MR) is 102 cm³/mol. The van der Waals surface area contributed by atoms with E-state index in [9.17, 15) is 27.9 Å². The Labute approximate surface area is 174 Å². The van der Waals surface area contributed by atoms with Gasteiger partial charge in [0.15, 0.2) is 5.78 Å². The number of nitrogens with zero attached hydrogens (tertiary/aromatic N) is 1. The first kappa shape index (κ1) is 20.7. The van der Waals surface area contributed by atoms with Gasteiger partial charge < -0.3 is 9.84 Å². The minimum absolute atomic E-state index is 0.153. The fourth-order valence-corrected chi connectivity index (χ4v) is 4.62. The second-order valence-electron chi connectivity index (χ2n) is 7.42. The van der Waals surface area contributed by atoms with E-state index in [1.807, 2.05) is 17.5 Å². The molecule has 0 amide bonds. The normalized spacial score (nSPS) is 21.4. The summed E-state index contributed by atoms with van der Waals surface area (Å²) in [6.45, 7) is -0.182. The monoisotopic (exact) mass is 437 g/mol. The van der Waals surface area contributed by atoms with E-state index >= 15 is 0 Å². The Morgan fingerprint density at radius 2 is 1.97 bits per heavy atom. The third-order valence-electron chi connectivity index (χ3n) is 5.49. The summed E-state index contributed by atoms with van der Waals surface area (Å²) in [6.07, 6.45) is -2.98. The average Bonchev–Trinajstić information content (AvgIpc) is 3.37. The molecule has 0 aliphatic heterocycles. The summed E-state index contributed by atoms with van der Waals surface area (Å²) in [6, 6.07) is 5.34. The molecule has 0 aromatic carbocycles. The zero-order valence-corrected chi connectivity index (χ0v) is 16.6. The molecule has 2 atom stereocenters. The molecular formula is C21H18F3NO4S. The fraction of sp³-hybridized carbons (Fsp3) is 0.381. The van der Waals surface area contributed by atoms with Gasteiger partial charge in [-0.25, -0.2) is 4.98 Å². The third kappa shape index (κ3) is 3.91. The topological polar surface area (TPSA) is 76.5 Å². The van der Waals surface area contributed by atoms with Crippen LogP contribution < -0.4 is 0 Å². The lowest BCUT2D eigenvalue weighted by molar-refractivity contribution is -0.141. The van der Waals surface area contributed by atoms with Crippen molar-refractivity contribution in [3.05, 3.63) is 62.8 Å². The van der Waals surface area contributed by atoms with Crippen LogP contribution in [0.15, 0.2) is 41.0 Å². The number of halogens is 3. The molecule has 2 heterocycles. The lowest BCUT2D eigenvalue weighted by atomic mass is 9.83. The van der Waals surface area contributed by atoms with Crippen molar-refractivity contribution in [2.75, 3.05) is 0 Å². The van der Waals surface area contributed by atoms with E-state index in [0.29, 0.717) is 25.3 Å². The number of aromatic nitrogens is 1. The molecule has 0 saturated heterocycles. The van der Waals surface area contributed by atoms with E-state index in [2.05, 4.69) is 4.98 Å². The van der Waals surface area contributed by atoms with Gasteiger partial charge in [-0.1, -0.05) is 6.07 Å². The predicted octanol–water partition coefficient (Wildman–Crippen LogP) is 4.87. The van der Waals surface area contributed by atoms with Crippen molar-refractivity contribution in [2.24, 2.45) is 11.8 Å². The molecule has 9 heteroatoms. The number of thiophene rings is 1. The van der Waals surface area contributed by atoms with Crippen LogP contribution in [0.1, 0.15) is 45.9 Å². The number of pyridine rings is 1. The summed E-state index contributed by atoms with van der Waals surface area (Å²) in [4.78, 5) is 30.2. The molecule has 1 saturated carbocycles. The molecule has 4 rings (SSSR count). The molecular weight excluding hydrogens is 419 g/mol. The van der Waals surface area contributed by atoms with Gasteiger partial charge in [0, 0.05) is 22.3 Å². The third-order valence-corrected chi connectivity index (χ3v) is 6.34. The van der Waals surface area contributed by atoms with Crippen LogP contribution in [0.4, 0.5) is 13.2 Å². The highest BCUT2D eigenvalue weighted by Gasteiger charge is 2.44. The van der Waals surface area contributed by atoms with Gasteiger partial charge >= 0.3 is 6.18 Å². The summed E-state index contributed by atoms with van der Waals surface area (Å²) >= 11 is 1.43. The lowest BCUT2D eigenvalue weighted by Crippen LogP contribution is -2.28. The maximum Gasteiger partial charge on any atom is 0.433 e. The van der Waals surface area contributed by atoms with E-state index < -0.39 is 23.4 Å². The number of aliphatic hydroxyl groups excluding tert-OH is 1. The van der Waals surface area contributed by atoms with E-state index in [4.69, 9.17) is 4.74 Å². The summed E-state index contributed by atoms with van der Waals surface area (Å²) in [5, 5.41) is 12.3. The largest absolute Gasteiger partial charge is 0.511 e. The van der Waals surface area contributed by atoms with Gasteiger partial charge in [-0.15, -0.1) is 11.3 Å². The van der Waals surface area contributed by atoms with Crippen molar-refractivity contribution in [1.29, 1.82) is 0 Å². The molecule has 2 aliphatic rings. The lowest BCUT2D eigenvalue weighted by Gasteiger charge is -2.21. The molecule has 1 fully saturated rings. The molecule has 158 valence electrons. The standard InChI is InChI=1S/C21H18F3NO4S/c22-21(23,24)16-6-5-14(15(25-16)10-29-9-13-2-1-7-30-13)20(28)17-18(26)11-3-4-12(8-11)19(17)27/h1-2,5-7,11-12,26H,3-4,8-10H2. The van der Waals surface area contributed by atoms with Crippen LogP contribution in [-0.4, -0.2) is 21.7 Å². The quantitative estimate of drug-likeness (QED) is 0.515. The maximum absolute atomic E-state index is 13.1. The fourth-order valence-electron chi connectivity index (χ4n) is 3.98. The molecule has 0 spiro atoms. The van der Waals surface area contributed by atoms with Crippen LogP contribution in [0, 0.1) is 11.8 Å². The number of rotatable bonds is 6. The molecule has 30 heavy (non-hydrogen) atoms. The Kier molecular flexibility index (Phi) is 5.50. The van der Waals surface area contributed by atoms with Crippen LogP contribution in [0.3, 0.4) is 0 Å². The Bertz CT molecular complexity index is 1010. The SMILES string of the molecule is O=C(C1=C(O)C2CCC(C2)C1=O)c1ccc(C(F)(F)F)nc1COCc1cccs1. The number of carbonyl (C=O) groups is 2. The highest BCUT2D eigenvalue weighted by atomic mass is 32.1. The Balaban J connectivity index is 1.66. The van der Waals surface area contributed by atoms with E-state index in [-0.39, 0.29) is 47.6 Å².